The number of rotatable bonds is 5. The zero-order valence-corrected chi connectivity index (χ0v) is 16.9. The van der Waals surface area contributed by atoms with Crippen LogP contribution in [0.1, 0.15) is 25.3 Å². The molecule has 0 radical (unpaired) electrons. The molecule has 0 aromatic heterocycles. The molecule has 1 aliphatic carbocycles. The van der Waals surface area contributed by atoms with E-state index in [4.69, 9.17) is 16.6 Å². The number of aliphatic imine (C=N–C) groups is 1. The molecule has 1 aromatic carbocycles. The molecule has 4 rings (SSSR count). The normalized spacial score (nSPS) is 27.8. The summed E-state index contributed by atoms with van der Waals surface area (Å²) in [5.74, 6) is 0.929. The van der Waals surface area contributed by atoms with Gasteiger partial charge >= 0.3 is 0 Å². The van der Waals surface area contributed by atoms with Crippen LogP contribution in [0, 0.1) is 0 Å². The molecule has 0 saturated carbocycles. The number of nitrogens with one attached hydrogen (secondary N) is 1. The van der Waals surface area contributed by atoms with Crippen LogP contribution >= 0.6 is 11.6 Å². The summed E-state index contributed by atoms with van der Waals surface area (Å²) in [5, 5.41) is 2.73. The Hall–Kier alpha value is -1.95. The fraction of sp³-hybridized carbons (Fsp3) is 0.409. The van der Waals surface area contributed by atoms with Crippen molar-refractivity contribution < 1.29 is 4.39 Å². The zero-order valence-electron chi connectivity index (χ0n) is 16.1. The summed E-state index contributed by atoms with van der Waals surface area (Å²) in [6.45, 7) is 4.45. The molecule has 1 aromatic rings. The van der Waals surface area contributed by atoms with Crippen molar-refractivity contribution in [3.63, 3.8) is 0 Å². The molecular formula is C22H26ClFN4. The highest BCUT2D eigenvalue weighted by Crippen LogP contribution is 2.27. The van der Waals surface area contributed by atoms with Gasteiger partial charge in [-0.3, -0.25) is 9.91 Å². The molecule has 2 heterocycles. The molecule has 2 unspecified atom stereocenters. The minimum Gasteiger partial charge on any atom is -0.296 e. The van der Waals surface area contributed by atoms with Crippen LogP contribution in [0.5, 0.6) is 0 Å². The third kappa shape index (κ3) is 4.72. The van der Waals surface area contributed by atoms with E-state index < -0.39 is 5.67 Å². The molecule has 2 aliphatic heterocycles. The predicted octanol–water partition coefficient (Wildman–Crippen LogP) is 4.26. The SMILES string of the molecule is CC1(F)C=CC(N2NC(CN3CC=CCC3)N=C2Cc2cccc(Cl)c2)=CC1. The summed E-state index contributed by atoms with van der Waals surface area (Å²) in [6.07, 6.45) is 11.9. The Morgan fingerprint density at radius 1 is 1.36 bits per heavy atom. The zero-order chi connectivity index (χ0) is 19.6. The lowest BCUT2D eigenvalue weighted by Crippen LogP contribution is -2.45. The molecule has 6 heteroatoms. The van der Waals surface area contributed by atoms with E-state index >= 15 is 0 Å². The van der Waals surface area contributed by atoms with Crippen LogP contribution in [0.15, 0.2) is 65.3 Å². The largest absolute Gasteiger partial charge is 0.296 e. The van der Waals surface area contributed by atoms with E-state index in [1.807, 2.05) is 35.4 Å². The highest BCUT2D eigenvalue weighted by atomic mass is 35.5. The van der Waals surface area contributed by atoms with Crippen molar-refractivity contribution in [1.29, 1.82) is 0 Å². The summed E-state index contributed by atoms with van der Waals surface area (Å²) in [4.78, 5) is 7.35. The maximum Gasteiger partial charge on any atom is 0.131 e. The Balaban J connectivity index is 1.53. The quantitative estimate of drug-likeness (QED) is 0.749. The van der Waals surface area contributed by atoms with Crippen LogP contribution in [-0.2, 0) is 6.42 Å². The second-order valence-corrected chi connectivity index (χ2v) is 8.23. The number of halogens is 2. The van der Waals surface area contributed by atoms with Gasteiger partial charge < -0.3 is 0 Å². The highest BCUT2D eigenvalue weighted by molar-refractivity contribution is 6.30. The van der Waals surface area contributed by atoms with Gasteiger partial charge in [0.05, 0.1) is 5.70 Å². The van der Waals surface area contributed by atoms with Crippen molar-refractivity contribution in [1.82, 2.24) is 15.3 Å². The van der Waals surface area contributed by atoms with Crippen LogP contribution < -0.4 is 5.43 Å². The fourth-order valence-electron chi connectivity index (χ4n) is 3.71. The van der Waals surface area contributed by atoms with Gasteiger partial charge in [0.25, 0.3) is 0 Å². The molecule has 4 nitrogen and oxygen atoms in total. The average Bonchev–Trinajstić information content (AvgIpc) is 3.04. The molecule has 1 N–H and O–H groups in total. The second-order valence-electron chi connectivity index (χ2n) is 7.80. The Kier molecular flexibility index (Phi) is 5.67. The minimum absolute atomic E-state index is 0.0197. The van der Waals surface area contributed by atoms with Crippen LogP contribution in [-0.4, -0.2) is 47.2 Å². The lowest BCUT2D eigenvalue weighted by molar-refractivity contribution is 0.235. The standard InChI is InChI=1S/C22H26ClFN4/c1-22(24)10-8-19(9-11-22)28-21(15-17-6-5-7-18(23)14-17)25-20(26-28)16-27-12-3-2-4-13-27/h2-3,5-10,14,20,26H,4,11-13,15-16H2,1H3. The van der Waals surface area contributed by atoms with Gasteiger partial charge in [-0.1, -0.05) is 42.0 Å². The fourth-order valence-corrected chi connectivity index (χ4v) is 3.93. The van der Waals surface area contributed by atoms with Gasteiger partial charge in [0, 0.05) is 37.5 Å². The number of benzene rings is 1. The molecule has 0 fully saturated rings. The first kappa shape index (κ1) is 19.4. The summed E-state index contributed by atoms with van der Waals surface area (Å²) in [7, 11) is 0. The Morgan fingerprint density at radius 2 is 2.25 bits per heavy atom. The predicted molar refractivity (Wildman–Crippen MR) is 113 cm³/mol. The molecule has 0 saturated heterocycles. The van der Waals surface area contributed by atoms with E-state index in [-0.39, 0.29) is 6.17 Å². The molecule has 0 amide bonds. The van der Waals surface area contributed by atoms with E-state index in [1.54, 1.807) is 13.0 Å². The van der Waals surface area contributed by atoms with Gasteiger partial charge in [-0.25, -0.2) is 14.8 Å². The van der Waals surface area contributed by atoms with Crippen LogP contribution in [0.25, 0.3) is 0 Å². The monoisotopic (exact) mass is 400 g/mol. The second kappa shape index (κ2) is 8.19. The third-order valence-electron chi connectivity index (χ3n) is 5.24. The smallest absolute Gasteiger partial charge is 0.131 e. The van der Waals surface area contributed by atoms with Gasteiger partial charge in [-0.05, 0) is 43.2 Å². The third-order valence-corrected chi connectivity index (χ3v) is 5.47. The first-order valence-corrected chi connectivity index (χ1v) is 10.2. The maximum absolute atomic E-state index is 14.2. The maximum atomic E-state index is 14.2. The van der Waals surface area contributed by atoms with E-state index in [0.29, 0.717) is 12.8 Å². The number of amidine groups is 1. The first-order chi connectivity index (χ1) is 13.5. The van der Waals surface area contributed by atoms with Gasteiger partial charge in [-0.15, -0.1) is 0 Å². The van der Waals surface area contributed by atoms with Crippen molar-refractivity contribution in [3.8, 4) is 0 Å². The summed E-state index contributed by atoms with van der Waals surface area (Å²) >= 11 is 6.16. The highest BCUT2D eigenvalue weighted by Gasteiger charge is 2.30. The van der Waals surface area contributed by atoms with Crippen LogP contribution in [0.2, 0.25) is 5.02 Å². The molecule has 2 atom stereocenters. The molecular weight excluding hydrogens is 375 g/mol. The molecule has 0 bridgehead atoms. The average molecular weight is 401 g/mol. The van der Waals surface area contributed by atoms with Crippen molar-refractivity contribution >= 4 is 17.4 Å². The number of alkyl halides is 1. The molecule has 0 spiro atoms. The Labute approximate surface area is 171 Å². The topological polar surface area (TPSA) is 30.9 Å². The summed E-state index contributed by atoms with van der Waals surface area (Å²) in [6, 6.07) is 7.85. The number of hydrazine groups is 1. The van der Waals surface area contributed by atoms with E-state index in [2.05, 4.69) is 28.5 Å². The molecule has 28 heavy (non-hydrogen) atoms. The van der Waals surface area contributed by atoms with Gasteiger partial charge in [-0.2, -0.15) is 0 Å². The van der Waals surface area contributed by atoms with Crippen molar-refractivity contribution in [2.75, 3.05) is 19.6 Å². The lowest BCUT2D eigenvalue weighted by atomic mass is 9.98. The van der Waals surface area contributed by atoms with Crippen LogP contribution in [0.4, 0.5) is 4.39 Å². The van der Waals surface area contributed by atoms with Gasteiger partial charge in [0.1, 0.15) is 17.7 Å². The Morgan fingerprint density at radius 3 is 2.96 bits per heavy atom. The number of hydrogen-bond acceptors (Lipinski definition) is 4. The number of hydrogen-bond donors (Lipinski definition) is 1. The number of nitrogens with zero attached hydrogens (tertiary/aromatic N) is 3. The summed E-state index contributed by atoms with van der Waals surface area (Å²) in [5.41, 5.74) is 4.27. The first-order valence-electron chi connectivity index (χ1n) is 9.82. The van der Waals surface area contributed by atoms with E-state index in [9.17, 15) is 4.39 Å². The summed E-state index contributed by atoms with van der Waals surface area (Å²) < 4.78 is 14.2. The van der Waals surface area contributed by atoms with Crippen molar-refractivity contribution in [2.45, 2.75) is 38.0 Å². The van der Waals surface area contributed by atoms with Crippen molar-refractivity contribution in [2.24, 2.45) is 4.99 Å². The number of allylic oxidation sites excluding steroid dienone is 3. The van der Waals surface area contributed by atoms with Crippen molar-refractivity contribution in [3.05, 3.63) is 70.9 Å². The van der Waals surface area contributed by atoms with Crippen LogP contribution in [0.3, 0.4) is 0 Å². The van der Waals surface area contributed by atoms with Gasteiger partial charge in [0.2, 0.25) is 0 Å². The molecule has 3 aliphatic rings. The lowest BCUT2D eigenvalue weighted by Gasteiger charge is -2.29. The van der Waals surface area contributed by atoms with E-state index in [0.717, 1.165) is 48.2 Å². The minimum atomic E-state index is -1.28. The van der Waals surface area contributed by atoms with Gasteiger partial charge in [0.15, 0.2) is 0 Å². The molecule has 148 valence electrons. The Bertz CT molecular complexity index is 843. The van der Waals surface area contributed by atoms with E-state index in [1.165, 1.54) is 0 Å².